The summed E-state index contributed by atoms with van der Waals surface area (Å²) < 4.78 is 5.54. The minimum Gasteiger partial charge on any atom is -0.444 e. The van der Waals surface area contributed by atoms with Crippen molar-refractivity contribution < 1.29 is 14.3 Å². The first-order chi connectivity index (χ1) is 9.81. The van der Waals surface area contributed by atoms with Crippen molar-refractivity contribution in [2.75, 3.05) is 19.6 Å². The number of nitrogens with zero attached hydrogens (tertiary/aromatic N) is 2. The van der Waals surface area contributed by atoms with E-state index in [4.69, 9.17) is 10.5 Å². The Morgan fingerprint density at radius 3 is 2.43 bits per heavy atom. The van der Waals surface area contributed by atoms with Crippen molar-refractivity contribution in [2.45, 2.75) is 64.1 Å². The smallest absolute Gasteiger partial charge is 0.410 e. The van der Waals surface area contributed by atoms with Gasteiger partial charge in [-0.1, -0.05) is 0 Å². The topological polar surface area (TPSA) is 75.9 Å². The Hall–Kier alpha value is -1.30. The predicted molar refractivity (Wildman–Crippen MR) is 79.8 cm³/mol. The standard InChI is InChI=1S/C15H27N3O3/c1-15(2,3)21-14(20)18(11-6-7-11)12-5-4-8-17(10-12)13(19)9-16/h11-12H,4-10,16H2,1-3H3/t12-/m0/s1. The summed E-state index contributed by atoms with van der Waals surface area (Å²) in [6.45, 7) is 6.97. The van der Waals surface area contributed by atoms with Crippen molar-refractivity contribution >= 4 is 12.0 Å². The molecule has 1 atom stereocenters. The van der Waals surface area contributed by atoms with Gasteiger partial charge in [-0.25, -0.2) is 4.79 Å². The highest BCUT2D eigenvalue weighted by molar-refractivity contribution is 5.78. The molecule has 6 heteroatoms. The van der Waals surface area contributed by atoms with Crippen LogP contribution < -0.4 is 5.73 Å². The third-order valence-corrected chi connectivity index (χ3v) is 3.86. The number of hydrogen-bond donors (Lipinski definition) is 1. The van der Waals surface area contributed by atoms with Gasteiger partial charge in [-0.05, 0) is 46.5 Å². The minimum absolute atomic E-state index is 0.0303. The van der Waals surface area contributed by atoms with Gasteiger partial charge in [0.1, 0.15) is 5.60 Å². The van der Waals surface area contributed by atoms with E-state index in [1.54, 1.807) is 4.90 Å². The van der Waals surface area contributed by atoms with Gasteiger partial charge in [-0.2, -0.15) is 0 Å². The molecule has 21 heavy (non-hydrogen) atoms. The van der Waals surface area contributed by atoms with Crippen LogP contribution in [0.4, 0.5) is 4.79 Å². The second kappa shape index (κ2) is 6.22. The number of hydrogen-bond acceptors (Lipinski definition) is 4. The second-order valence-corrected chi connectivity index (χ2v) is 6.96. The van der Waals surface area contributed by atoms with Crippen LogP contribution >= 0.6 is 0 Å². The van der Waals surface area contributed by atoms with Crippen LogP contribution in [0, 0.1) is 0 Å². The first-order valence-electron chi connectivity index (χ1n) is 7.81. The Morgan fingerprint density at radius 2 is 1.90 bits per heavy atom. The predicted octanol–water partition coefficient (Wildman–Crippen LogP) is 1.34. The van der Waals surface area contributed by atoms with Gasteiger partial charge in [0.05, 0.1) is 12.6 Å². The monoisotopic (exact) mass is 297 g/mol. The molecule has 1 aliphatic carbocycles. The molecule has 2 N–H and O–H groups in total. The zero-order chi connectivity index (χ0) is 15.6. The van der Waals surface area contributed by atoms with Gasteiger partial charge < -0.3 is 20.3 Å². The van der Waals surface area contributed by atoms with E-state index in [9.17, 15) is 9.59 Å². The highest BCUT2D eigenvalue weighted by Crippen LogP contribution is 2.32. The summed E-state index contributed by atoms with van der Waals surface area (Å²) in [7, 11) is 0. The number of ether oxygens (including phenoxy) is 1. The van der Waals surface area contributed by atoms with Gasteiger partial charge in [-0.15, -0.1) is 0 Å². The van der Waals surface area contributed by atoms with Gasteiger partial charge in [0.25, 0.3) is 0 Å². The summed E-state index contributed by atoms with van der Waals surface area (Å²) in [6, 6.07) is 0.328. The molecule has 1 saturated carbocycles. The number of rotatable bonds is 3. The van der Waals surface area contributed by atoms with Crippen LogP contribution in [0.2, 0.25) is 0 Å². The maximum Gasteiger partial charge on any atom is 0.410 e. The average Bonchev–Trinajstić information content (AvgIpc) is 3.21. The van der Waals surface area contributed by atoms with Crippen molar-refractivity contribution in [3.05, 3.63) is 0 Å². The van der Waals surface area contributed by atoms with E-state index >= 15 is 0 Å². The van der Waals surface area contributed by atoms with E-state index < -0.39 is 5.60 Å². The van der Waals surface area contributed by atoms with E-state index in [-0.39, 0.29) is 30.6 Å². The minimum atomic E-state index is -0.494. The lowest BCUT2D eigenvalue weighted by Crippen LogP contribution is -2.54. The molecule has 1 heterocycles. The largest absolute Gasteiger partial charge is 0.444 e. The summed E-state index contributed by atoms with van der Waals surface area (Å²) >= 11 is 0. The molecule has 0 aromatic carbocycles. The first-order valence-corrected chi connectivity index (χ1v) is 7.81. The van der Waals surface area contributed by atoms with Crippen molar-refractivity contribution in [2.24, 2.45) is 5.73 Å². The number of amides is 2. The molecular weight excluding hydrogens is 270 g/mol. The molecule has 120 valence electrons. The molecule has 0 spiro atoms. The van der Waals surface area contributed by atoms with Crippen LogP contribution in [0.15, 0.2) is 0 Å². The SMILES string of the molecule is CC(C)(C)OC(=O)N(C1CC1)[C@H]1CCCN(C(=O)CN)C1. The summed E-state index contributed by atoms with van der Waals surface area (Å²) in [5.41, 5.74) is 4.95. The van der Waals surface area contributed by atoms with Crippen LogP contribution in [0.1, 0.15) is 46.5 Å². The van der Waals surface area contributed by atoms with Gasteiger partial charge >= 0.3 is 6.09 Å². The van der Waals surface area contributed by atoms with Gasteiger partial charge in [0.2, 0.25) is 5.91 Å². The maximum atomic E-state index is 12.5. The number of nitrogens with two attached hydrogens (primary N) is 1. The fraction of sp³-hybridized carbons (Fsp3) is 0.867. The lowest BCUT2D eigenvalue weighted by Gasteiger charge is -2.40. The van der Waals surface area contributed by atoms with E-state index in [0.717, 1.165) is 32.2 Å². The van der Waals surface area contributed by atoms with Crippen molar-refractivity contribution in [3.63, 3.8) is 0 Å². The summed E-state index contributed by atoms with van der Waals surface area (Å²) in [5, 5.41) is 0. The molecule has 6 nitrogen and oxygen atoms in total. The fourth-order valence-corrected chi connectivity index (χ4v) is 2.80. The Morgan fingerprint density at radius 1 is 1.24 bits per heavy atom. The second-order valence-electron chi connectivity index (χ2n) is 6.96. The maximum absolute atomic E-state index is 12.5. The first kappa shape index (κ1) is 16.1. The van der Waals surface area contributed by atoms with Crippen LogP contribution in [0.5, 0.6) is 0 Å². The molecule has 1 saturated heterocycles. The Kier molecular flexibility index (Phi) is 4.76. The Bertz CT molecular complexity index is 401. The number of piperidine rings is 1. The third-order valence-electron chi connectivity index (χ3n) is 3.86. The molecule has 2 rings (SSSR count). The van der Waals surface area contributed by atoms with Crippen LogP contribution in [-0.4, -0.2) is 59.1 Å². The van der Waals surface area contributed by atoms with Crippen molar-refractivity contribution in [1.82, 2.24) is 9.80 Å². The molecular formula is C15H27N3O3. The quantitative estimate of drug-likeness (QED) is 0.853. The van der Waals surface area contributed by atoms with E-state index in [0.29, 0.717) is 6.54 Å². The van der Waals surface area contributed by atoms with E-state index in [1.165, 1.54) is 0 Å². The highest BCUT2D eigenvalue weighted by Gasteiger charge is 2.41. The van der Waals surface area contributed by atoms with Crippen molar-refractivity contribution in [3.8, 4) is 0 Å². The lowest BCUT2D eigenvalue weighted by atomic mass is 10.0. The normalized spacial score (nSPS) is 22.9. The molecule has 0 aromatic rings. The molecule has 0 bridgehead atoms. The van der Waals surface area contributed by atoms with Crippen LogP contribution in [0.3, 0.4) is 0 Å². The number of carbonyl (C=O) groups excluding carboxylic acids is 2. The lowest BCUT2D eigenvalue weighted by molar-refractivity contribution is -0.131. The van der Waals surface area contributed by atoms with E-state index in [2.05, 4.69) is 0 Å². The van der Waals surface area contributed by atoms with Crippen molar-refractivity contribution in [1.29, 1.82) is 0 Å². The Balaban J connectivity index is 2.04. The molecule has 0 aromatic heterocycles. The molecule has 0 radical (unpaired) electrons. The third kappa shape index (κ3) is 4.33. The molecule has 0 unspecified atom stereocenters. The number of likely N-dealkylation sites (tertiary alicyclic amines) is 1. The zero-order valence-electron chi connectivity index (χ0n) is 13.3. The van der Waals surface area contributed by atoms with Gasteiger partial charge in [-0.3, -0.25) is 4.79 Å². The fourth-order valence-electron chi connectivity index (χ4n) is 2.80. The molecule has 2 amide bonds. The molecule has 2 fully saturated rings. The van der Waals surface area contributed by atoms with E-state index in [1.807, 2.05) is 25.7 Å². The average molecular weight is 297 g/mol. The van der Waals surface area contributed by atoms with Gasteiger partial charge in [0.15, 0.2) is 0 Å². The highest BCUT2D eigenvalue weighted by atomic mass is 16.6. The Labute approximate surface area is 126 Å². The molecule has 1 aliphatic heterocycles. The number of carbonyl (C=O) groups is 2. The summed E-state index contributed by atoms with van der Waals surface area (Å²) in [6.07, 6.45) is 3.63. The zero-order valence-corrected chi connectivity index (χ0v) is 13.3. The molecule has 2 aliphatic rings. The van der Waals surface area contributed by atoms with Crippen LogP contribution in [-0.2, 0) is 9.53 Å². The van der Waals surface area contributed by atoms with Gasteiger partial charge in [0, 0.05) is 19.1 Å². The van der Waals surface area contributed by atoms with Crippen LogP contribution in [0.25, 0.3) is 0 Å². The summed E-state index contributed by atoms with van der Waals surface area (Å²) in [5.74, 6) is -0.0420. The summed E-state index contributed by atoms with van der Waals surface area (Å²) in [4.78, 5) is 27.9.